The van der Waals surface area contributed by atoms with Crippen LogP contribution in [0.15, 0.2) is 39.4 Å². The molecule has 0 aromatic carbocycles. The van der Waals surface area contributed by atoms with Crippen LogP contribution in [-0.2, 0) is 12.7 Å². The van der Waals surface area contributed by atoms with Crippen LogP contribution in [0.5, 0.6) is 0 Å². The van der Waals surface area contributed by atoms with E-state index in [1.165, 1.54) is 11.3 Å². The summed E-state index contributed by atoms with van der Waals surface area (Å²) in [6.07, 6.45) is -3.84. The molecule has 3 rings (SSSR count). The summed E-state index contributed by atoms with van der Waals surface area (Å²) in [4.78, 5) is 30.1. The smallest absolute Gasteiger partial charge is 0.308 e. The number of halogens is 3. The highest BCUT2D eigenvalue weighted by Gasteiger charge is 2.31. The van der Waals surface area contributed by atoms with Crippen LogP contribution < -0.4 is 11.1 Å². The summed E-state index contributed by atoms with van der Waals surface area (Å²) in [5.41, 5.74) is -1.48. The molecule has 0 spiro atoms. The van der Waals surface area contributed by atoms with Gasteiger partial charge in [-0.25, -0.2) is 4.98 Å². The van der Waals surface area contributed by atoms with Crippen molar-refractivity contribution in [3.05, 3.63) is 61.9 Å². The molecule has 0 aliphatic carbocycles. The number of nitrogens with zero attached hydrogens (tertiary/aromatic N) is 2. The summed E-state index contributed by atoms with van der Waals surface area (Å²) < 4.78 is 39.3. The Balaban J connectivity index is 2.04. The van der Waals surface area contributed by atoms with E-state index >= 15 is 0 Å². The van der Waals surface area contributed by atoms with Gasteiger partial charge in [-0.05, 0) is 17.5 Å². The molecule has 0 amide bonds. The minimum atomic E-state index is -4.55. The highest BCUT2D eigenvalue weighted by molar-refractivity contribution is 7.17. The summed E-state index contributed by atoms with van der Waals surface area (Å²) in [6, 6.07) is 3.19. The Hall–Kier alpha value is -2.42. The Kier molecular flexibility index (Phi) is 3.36. The van der Waals surface area contributed by atoms with Gasteiger partial charge >= 0.3 is 6.18 Å². The fourth-order valence-corrected chi connectivity index (χ4v) is 2.71. The number of rotatable bonds is 2. The number of aromatic nitrogens is 3. The van der Waals surface area contributed by atoms with Crippen molar-refractivity contribution in [1.29, 1.82) is 0 Å². The van der Waals surface area contributed by atoms with Crippen molar-refractivity contribution >= 4 is 21.6 Å². The first kappa shape index (κ1) is 14.5. The number of aromatic amines is 1. The number of alkyl halides is 3. The summed E-state index contributed by atoms with van der Waals surface area (Å²) in [5, 5.41) is 1.69. The van der Waals surface area contributed by atoms with Gasteiger partial charge in [0.05, 0.1) is 17.6 Å². The van der Waals surface area contributed by atoms with Crippen molar-refractivity contribution < 1.29 is 13.2 Å². The van der Waals surface area contributed by atoms with E-state index in [1.54, 1.807) is 11.4 Å². The predicted octanol–water partition coefficient (Wildman–Crippen LogP) is 2.21. The summed E-state index contributed by atoms with van der Waals surface area (Å²) in [7, 11) is 0. The Bertz CT molecular complexity index is 955. The zero-order valence-corrected chi connectivity index (χ0v) is 11.7. The molecule has 3 aromatic rings. The van der Waals surface area contributed by atoms with Gasteiger partial charge in [-0.3, -0.25) is 9.59 Å². The van der Waals surface area contributed by atoms with Gasteiger partial charge in [-0.1, -0.05) is 0 Å². The zero-order valence-electron chi connectivity index (χ0n) is 10.8. The van der Waals surface area contributed by atoms with Crippen molar-refractivity contribution in [3.8, 4) is 0 Å². The van der Waals surface area contributed by atoms with Crippen LogP contribution in [-0.4, -0.2) is 14.5 Å². The van der Waals surface area contributed by atoms with Gasteiger partial charge < -0.3 is 9.55 Å². The van der Waals surface area contributed by atoms with E-state index in [9.17, 15) is 22.8 Å². The molecule has 0 aliphatic heterocycles. The molecule has 3 aromatic heterocycles. The molecule has 22 heavy (non-hydrogen) atoms. The first-order chi connectivity index (χ1) is 10.3. The lowest BCUT2D eigenvalue weighted by Gasteiger charge is -2.10. The number of hydrogen-bond acceptors (Lipinski definition) is 4. The highest BCUT2D eigenvalue weighted by atomic mass is 32.1. The Morgan fingerprint density at radius 3 is 2.73 bits per heavy atom. The second kappa shape index (κ2) is 5.09. The molecule has 0 radical (unpaired) electrons. The van der Waals surface area contributed by atoms with Gasteiger partial charge in [-0.15, -0.1) is 11.3 Å². The molecule has 0 aliphatic rings. The van der Waals surface area contributed by atoms with Crippen LogP contribution in [0.1, 0.15) is 11.4 Å². The van der Waals surface area contributed by atoms with E-state index in [0.717, 1.165) is 16.7 Å². The molecule has 0 bridgehead atoms. The van der Waals surface area contributed by atoms with Gasteiger partial charge in [0.25, 0.3) is 11.1 Å². The Morgan fingerprint density at radius 2 is 2.00 bits per heavy atom. The average molecular weight is 327 g/mol. The predicted molar refractivity (Wildman–Crippen MR) is 75.0 cm³/mol. The van der Waals surface area contributed by atoms with Crippen LogP contribution in [0.4, 0.5) is 13.2 Å². The van der Waals surface area contributed by atoms with E-state index in [2.05, 4.69) is 9.97 Å². The highest BCUT2D eigenvalue weighted by Crippen LogP contribution is 2.28. The minimum Gasteiger partial charge on any atom is -0.308 e. The summed E-state index contributed by atoms with van der Waals surface area (Å²) in [5.74, 6) is 0.123. The third-order valence-corrected chi connectivity index (χ3v) is 3.90. The number of fused-ring (bicyclic) bond motifs is 1. The molecule has 5 nitrogen and oxygen atoms in total. The van der Waals surface area contributed by atoms with Gasteiger partial charge in [0.2, 0.25) is 0 Å². The van der Waals surface area contributed by atoms with E-state index in [0.29, 0.717) is 16.4 Å². The average Bonchev–Trinajstić information content (AvgIpc) is 2.89. The molecular formula is C13H8F3N3O2S. The second-order valence-electron chi connectivity index (χ2n) is 4.53. The van der Waals surface area contributed by atoms with E-state index in [-0.39, 0.29) is 17.9 Å². The van der Waals surface area contributed by atoms with Gasteiger partial charge in [0, 0.05) is 12.3 Å². The SMILES string of the molecule is O=c1[nH]c(Cn2cc(C(F)(F)F)ccc2=O)nc2ccsc12. The van der Waals surface area contributed by atoms with Gasteiger partial charge in [0.1, 0.15) is 10.5 Å². The fraction of sp³-hybridized carbons (Fsp3) is 0.154. The third-order valence-electron chi connectivity index (χ3n) is 2.99. The first-order valence-corrected chi connectivity index (χ1v) is 6.96. The number of thiophene rings is 1. The van der Waals surface area contributed by atoms with Crippen LogP contribution in [0.25, 0.3) is 10.2 Å². The van der Waals surface area contributed by atoms with Gasteiger partial charge in [0.15, 0.2) is 0 Å². The van der Waals surface area contributed by atoms with E-state index in [4.69, 9.17) is 0 Å². The number of pyridine rings is 1. The minimum absolute atomic E-state index is 0.123. The Morgan fingerprint density at radius 1 is 1.23 bits per heavy atom. The molecule has 0 atom stereocenters. The molecule has 114 valence electrons. The first-order valence-electron chi connectivity index (χ1n) is 6.09. The second-order valence-corrected chi connectivity index (χ2v) is 5.45. The van der Waals surface area contributed by atoms with Crippen molar-refractivity contribution in [1.82, 2.24) is 14.5 Å². The normalized spacial score (nSPS) is 12.0. The quantitative estimate of drug-likeness (QED) is 0.785. The van der Waals surface area contributed by atoms with Crippen molar-refractivity contribution in [3.63, 3.8) is 0 Å². The Labute approximate surface area is 124 Å². The molecule has 1 N–H and O–H groups in total. The van der Waals surface area contributed by atoms with Gasteiger partial charge in [-0.2, -0.15) is 13.2 Å². The lowest BCUT2D eigenvalue weighted by molar-refractivity contribution is -0.138. The van der Waals surface area contributed by atoms with Crippen molar-refractivity contribution in [2.75, 3.05) is 0 Å². The molecule has 3 heterocycles. The topological polar surface area (TPSA) is 67.8 Å². The number of H-pyrrole nitrogens is 1. The number of nitrogens with one attached hydrogen (secondary N) is 1. The molecule has 0 saturated heterocycles. The summed E-state index contributed by atoms with van der Waals surface area (Å²) >= 11 is 1.21. The van der Waals surface area contributed by atoms with Crippen molar-refractivity contribution in [2.45, 2.75) is 12.7 Å². The molecule has 9 heteroatoms. The summed E-state index contributed by atoms with van der Waals surface area (Å²) in [6.45, 7) is -0.246. The maximum Gasteiger partial charge on any atom is 0.417 e. The zero-order chi connectivity index (χ0) is 15.9. The van der Waals surface area contributed by atoms with Crippen molar-refractivity contribution in [2.24, 2.45) is 0 Å². The third kappa shape index (κ3) is 2.67. The lowest BCUT2D eigenvalue weighted by atomic mass is 10.2. The fourth-order valence-electron chi connectivity index (χ4n) is 1.98. The standard InChI is InChI=1S/C13H8F3N3O2S/c14-13(15,16)7-1-2-10(20)19(5-7)6-9-17-8-3-4-22-11(8)12(21)18-9/h1-5H,6H2,(H,17,18,21). The van der Waals surface area contributed by atoms with E-state index in [1.807, 2.05) is 0 Å². The molecule has 0 unspecified atom stereocenters. The lowest BCUT2D eigenvalue weighted by Crippen LogP contribution is -2.24. The van der Waals surface area contributed by atoms with Crippen LogP contribution >= 0.6 is 11.3 Å². The maximum absolute atomic E-state index is 12.7. The molecular weight excluding hydrogens is 319 g/mol. The largest absolute Gasteiger partial charge is 0.417 e. The van der Waals surface area contributed by atoms with Crippen LogP contribution in [0.3, 0.4) is 0 Å². The van der Waals surface area contributed by atoms with Crippen LogP contribution in [0, 0.1) is 0 Å². The monoisotopic (exact) mass is 327 g/mol. The maximum atomic E-state index is 12.7. The molecule has 0 fully saturated rings. The number of hydrogen-bond donors (Lipinski definition) is 1. The van der Waals surface area contributed by atoms with Crippen LogP contribution in [0.2, 0.25) is 0 Å². The molecule has 0 saturated carbocycles. The van der Waals surface area contributed by atoms with E-state index < -0.39 is 17.3 Å².